The molecule has 4 nitrogen and oxygen atoms in total. The van der Waals surface area contributed by atoms with E-state index in [-0.39, 0.29) is 23.9 Å². The first-order chi connectivity index (χ1) is 21.3. The van der Waals surface area contributed by atoms with Crippen molar-refractivity contribution in [2.24, 2.45) is 11.8 Å². The molecule has 2 N–H and O–H groups in total. The summed E-state index contributed by atoms with van der Waals surface area (Å²) in [5, 5.41) is 23.3. The molecule has 230 valence electrons. The third kappa shape index (κ3) is 9.91. The largest absolute Gasteiger partial charge is 0.379 e. The van der Waals surface area contributed by atoms with Gasteiger partial charge in [-0.15, -0.1) is 0 Å². The van der Waals surface area contributed by atoms with Crippen LogP contribution in [0.2, 0.25) is 0 Å². The molecule has 0 spiro atoms. The van der Waals surface area contributed by atoms with Crippen LogP contribution in [-0.2, 0) is 26.2 Å². The van der Waals surface area contributed by atoms with Crippen LogP contribution in [0.15, 0.2) is 121 Å². The lowest BCUT2D eigenvalue weighted by Crippen LogP contribution is -2.47. The van der Waals surface area contributed by atoms with Crippen LogP contribution < -0.4 is 0 Å². The highest BCUT2D eigenvalue weighted by Crippen LogP contribution is 2.23. The van der Waals surface area contributed by atoms with Gasteiger partial charge < -0.3 is 10.2 Å². The Morgan fingerprint density at radius 2 is 0.659 bits per heavy atom. The lowest BCUT2D eigenvalue weighted by molar-refractivity contribution is 0.0389. The molecule has 4 aromatic carbocycles. The average Bonchev–Trinajstić information content (AvgIpc) is 3.02. The van der Waals surface area contributed by atoms with Crippen molar-refractivity contribution >= 4 is 0 Å². The molecule has 0 aromatic heterocycles. The average molecular weight is 589 g/mol. The highest BCUT2D eigenvalue weighted by molar-refractivity contribution is 5.22. The Kier molecular flexibility index (Phi) is 12.8. The molecule has 0 aliphatic heterocycles. The van der Waals surface area contributed by atoms with Crippen molar-refractivity contribution in [2.45, 2.75) is 78.2 Å². The van der Waals surface area contributed by atoms with Gasteiger partial charge in [-0.2, -0.15) is 0 Å². The lowest BCUT2D eigenvalue weighted by Gasteiger charge is -2.37. The Morgan fingerprint density at radius 1 is 0.432 bits per heavy atom. The molecule has 44 heavy (non-hydrogen) atoms. The van der Waals surface area contributed by atoms with Crippen molar-refractivity contribution in [2.75, 3.05) is 0 Å². The zero-order valence-corrected chi connectivity index (χ0v) is 26.6. The van der Waals surface area contributed by atoms with E-state index < -0.39 is 12.2 Å². The molecule has 4 atom stereocenters. The third-order valence-corrected chi connectivity index (χ3v) is 8.15. The van der Waals surface area contributed by atoms with E-state index in [1.807, 2.05) is 24.3 Å². The minimum atomic E-state index is -0.929. The SMILES string of the molecule is CC(C)[C@H]([C@H](O)C#C[C@@H](O)[C@H](C(C)C)N(Cc1ccccc1)Cc1ccccc1)N(Cc1ccccc1)Cc1ccccc1. The molecular formula is C40H48N2O2. The van der Waals surface area contributed by atoms with Gasteiger partial charge in [0.15, 0.2) is 0 Å². The Bertz CT molecular complexity index is 1220. The third-order valence-electron chi connectivity index (χ3n) is 8.15. The number of aliphatic hydroxyl groups excluding tert-OH is 2. The summed E-state index contributed by atoms with van der Waals surface area (Å²) in [6.07, 6.45) is -1.86. The van der Waals surface area contributed by atoms with Crippen LogP contribution in [0.4, 0.5) is 0 Å². The van der Waals surface area contributed by atoms with E-state index in [4.69, 9.17) is 0 Å². The monoisotopic (exact) mass is 588 g/mol. The number of hydrogen-bond donors (Lipinski definition) is 2. The Balaban J connectivity index is 1.60. The smallest absolute Gasteiger partial charge is 0.130 e. The number of aliphatic hydroxyl groups is 2. The summed E-state index contributed by atoms with van der Waals surface area (Å²) in [5.41, 5.74) is 4.75. The minimum Gasteiger partial charge on any atom is -0.379 e. The first-order valence-electron chi connectivity index (χ1n) is 15.8. The van der Waals surface area contributed by atoms with Gasteiger partial charge in [0.25, 0.3) is 0 Å². The second-order valence-corrected chi connectivity index (χ2v) is 12.4. The van der Waals surface area contributed by atoms with Crippen molar-refractivity contribution < 1.29 is 10.2 Å². The van der Waals surface area contributed by atoms with E-state index in [1.54, 1.807) is 0 Å². The second kappa shape index (κ2) is 16.9. The molecule has 0 heterocycles. The van der Waals surface area contributed by atoms with Gasteiger partial charge in [0.1, 0.15) is 12.2 Å². The van der Waals surface area contributed by atoms with E-state index in [2.05, 4.69) is 146 Å². The molecule has 0 amide bonds. The van der Waals surface area contributed by atoms with Gasteiger partial charge in [0, 0.05) is 38.3 Å². The minimum absolute atomic E-state index is 0.137. The van der Waals surface area contributed by atoms with Crippen LogP contribution in [-0.4, -0.2) is 44.3 Å². The van der Waals surface area contributed by atoms with Crippen LogP contribution in [0.5, 0.6) is 0 Å². The highest BCUT2D eigenvalue weighted by atomic mass is 16.3. The number of benzene rings is 4. The van der Waals surface area contributed by atoms with E-state index in [0.29, 0.717) is 26.2 Å². The van der Waals surface area contributed by atoms with Crippen LogP contribution in [0.3, 0.4) is 0 Å². The molecule has 0 saturated heterocycles. The molecule has 0 aliphatic carbocycles. The van der Waals surface area contributed by atoms with Crippen molar-refractivity contribution in [3.05, 3.63) is 144 Å². The topological polar surface area (TPSA) is 46.9 Å². The van der Waals surface area contributed by atoms with Gasteiger partial charge in [-0.05, 0) is 34.1 Å². The van der Waals surface area contributed by atoms with Crippen molar-refractivity contribution in [1.82, 2.24) is 9.80 Å². The van der Waals surface area contributed by atoms with E-state index in [1.165, 1.54) is 22.3 Å². The Hall–Kier alpha value is -3.72. The van der Waals surface area contributed by atoms with Gasteiger partial charge in [-0.3, -0.25) is 9.80 Å². The van der Waals surface area contributed by atoms with Gasteiger partial charge >= 0.3 is 0 Å². The zero-order chi connectivity index (χ0) is 31.3. The van der Waals surface area contributed by atoms with Gasteiger partial charge in [0.05, 0.1) is 0 Å². The van der Waals surface area contributed by atoms with Crippen LogP contribution in [0.25, 0.3) is 0 Å². The van der Waals surface area contributed by atoms with Crippen LogP contribution in [0.1, 0.15) is 49.9 Å². The Morgan fingerprint density at radius 3 is 0.864 bits per heavy atom. The maximum atomic E-state index is 11.6. The van der Waals surface area contributed by atoms with E-state index >= 15 is 0 Å². The van der Waals surface area contributed by atoms with E-state index in [9.17, 15) is 10.2 Å². The van der Waals surface area contributed by atoms with Gasteiger partial charge in [-0.1, -0.05) is 161 Å². The maximum Gasteiger partial charge on any atom is 0.130 e. The fourth-order valence-electron chi connectivity index (χ4n) is 6.12. The summed E-state index contributed by atoms with van der Waals surface area (Å²) in [6.45, 7) is 11.3. The first kappa shape index (κ1) is 33.2. The second-order valence-electron chi connectivity index (χ2n) is 12.4. The van der Waals surface area contributed by atoms with Crippen LogP contribution in [0, 0.1) is 23.7 Å². The molecule has 0 bridgehead atoms. The summed E-state index contributed by atoms with van der Waals surface area (Å²) in [7, 11) is 0. The lowest BCUT2D eigenvalue weighted by atomic mass is 9.93. The summed E-state index contributed by atoms with van der Waals surface area (Å²) in [6, 6.07) is 41.0. The van der Waals surface area contributed by atoms with Gasteiger partial charge in [0.2, 0.25) is 0 Å². The molecule has 0 radical (unpaired) electrons. The summed E-state index contributed by atoms with van der Waals surface area (Å²) in [5.74, 6) is 6.52. The van der Waals surface area contributed by atoms with Crippen molar-refractivity contribution in [3.63, 3.8) is 0 Å². The zero-order valence-electron chi connectivity index (χ0n) is 26.6. The van der Waals surface area contributed by atoms with Crippen molar-refractivity contribution in [1.29, 1.82) is 0 Å². The molecule has 0 fully saturated rings. The molecule has 0 unspecified atom stereocenters. The summed E-state index contributed by atoms with van der Waals surface area (Å²) < 4.78 is 0. The number of hydrogen-bond acceptors (Lipinski definition) is 4. The molecule has 0 saturated carbocycles. The van der Waals surface area contributed by atoms with Crippen molar-refractivity contribution in [3.8, 4) is 11.8 Å². The number of rotatable bonds is 14. The fraction of sp³-hybridized carbons (Fsp3) is 0.350. The summed E-state index contributed by atoms with van der Waals surface area (Å²) in [4.78, 5) is 4.64. The Labute approximate surface area is 265 Å². The quantitative estimate of drug-likeness (QED) is 0.153. The summed E-state index contributed by atoms with van der Waals surface area (Å²) >= 11 is 0. The maximum absolute atomic E-state index is 11.6. The molecule has 4 heteroatoms. The van der Waals surface area contributed by atoms with Crippen LogP contribution >= 0.6 is 0 Å². The fourth-order valence-corrected chi connectivity index (χ4v) is 6.12. The molecule has 4 aromatic rings. The molecule has 0 aliphatic rings. The van der Waals surface area contributed by atoms with Gasteiger partial charge in [-0.25, -0.2) is 0 Å². The highest BCUT2D eigenvalue weighted by Gasteiger charge is 2.31. The normalized spacial score (nSPS) is 14.3. The number of nitrogens with zero attached hydrogens (tertiary/aromatic N) is 2. The predicted molar refractivity (Wildman–Crippen MR) is 181 cm³/mol. The molecular weight excluding hydrogens is 540 g/mol. The van der Waals surface area contributed by atoms with E-state index in [0.717, 1.165) is 0 Å². The molecule has 4 rings (SSSR count). The predicted octanol–water partition coefficient (Wildman–Crippen LogP) is 7.17. The first-order valence-corrected chi connectivity index (χ1v) is 15.8. The standard InChI is InChI=1S/C40H48N2O2/c1-31(2)39(41(27-33-17-9-5-10-18-33)28-34-19-11-6-12-20-34)37(43)25-26-38(44)40(32(3)4)42(29-35-21-13-7-14-22-35)30-36-23-15-8-16-24-36/h5-24,31-32,37-40,43-44H,27-30H2,1-4H3/t37-,38-,39-,40+/m1/s1.